The molecule has 7 heteroatoms. The summed E-state index contributed by atoms with van der Waals surface area (Å²) in [5.41, 5.74) is 3.84. The van der Waals surface area contributed by atoms with Crippen molar-refractivity contribution in [2.45, 2.75) is 13.5 Å². The lowest BCUT2D eigenvalue weighted by atomic mass is 10.0. The molecule has 0 unspecified atom stereocenters. The molecule has 0 amide bonds. The molecule has 0 spiro atoms. The minimum Gasteiger partial charge on any atom is -0.493 e. The summed E-state index contributed by atoms with van der Waals surface area (Å²) in [6.45, 7) is 2.42. The molecule has 0 fully saturated rings. The number of non-ortho nitro benzene ring substituents is 1. The molecule has 3 aromatic rings. The number of nitriles is 1. The molecule has 0 heterocycles. The van der Waals surface area contributed by atoms with E-state index < -0.39 is 4.92 Å². The van der Waals surface area contributed by atoms with E-state index in [0.29, 0.717) is 29.2 Å². The number of allylic oxidation sites excluding steroid dienone is 1. The molecule has 0 saturated heterocycles. The van der Waals surface area contributed by atoms with Crippen LogP contribution in [0.15, 0.2) is 65.1 Å². The second-order valence-corrected chi connectivity index (χ2v) is 7.63. The van der Waals surface area contributed by atoms with Crippen molar-refractivity contribution in [2.75, 3.05) is 7.11 Å². The summed E-state index contributed by atoms with van der Waals surface area (Å²) < 4.78 is 12.2. The molecule has 0 N–H and O–H groups in total. The molecule has 3 rings (SSSR count). The number of rotatable bonds is 7. The van der Waals surface area contributed by atoms with Crippen molar-refractivity contribution in [1.29, 1.82) is 5.26 Å². The van der Waals surface area contributed by atoms with Crippen LogP contribution in [-0.2, 0) is 6.61 Å². The Kier molecular flexibility index (Phi) is 7.06. The number of ether oxygens (including phenoxy) is 2. The van der Waals surface area contributed by atoms with Gasteiger partial charge in [0.2, 0.25) is 0 Å². The lowest BCUT2D eigenvalue weighted by Gasteiger charge is -2.13. The van der Waals surface area contributed by atoms with Crippen LogP contribution in [0.3, 0.4) is 0 Å². The van der Waals surface area contributed by atoms with Crippen LogP contribution in [0.5, 0.6) is 11.5 Å². The fourth-order valence-electron chi connectivity index (χ4n) is 3.00. The van der Waals surface area contributed by atoms with Crippen molar-refractivity contribution >= 4 is 33.3 Å². The summed E-state index contributed by atoms with van der Waals surface area (Å²) in [4.78, 5) is 10.4. The van der Waals surface area contributed by atoms with Crippen molar-refractivity contribution < 1.29 is 14.4 Å². The van der Waals surface area contributed by atoms with Gasteiger partial charge >= 0.3 is 0 Å². The number of nitro benzene ring substituents is 1. The van der Waals surface area contributed by atoms with Gasteiger partial charge in [0.15, 0.2) is 11.5 Å². The molecule has 0 aliphatic carbocycles. The van der Waals surface area contributed by atoms with Crippen LogP contribution in [0.25, 0.3) is 11.6 Å². The molecular weight excluding hydrogens is 460 g/mol. The van der Waals surface area contributed by atoms with Gasteiger partial charge in [-0.25, -0.2) is 0 Å². The molecule has 156 valence electrons. The quantitative estimate of drug-likeness (QED) is 0.171. The van der Waals surface area contributed by atoms with Crippen LogP contribution < -0.4 is 9.47 Å². The van der Waals surface area contributed by atoms with Crippen molar-refractivity contribution in [3.05, 3.63) is 97.5 Å². The molecule has 0 aromatic heterocycles. The highest BCUT2D eigenvalue weighted by molar-refractivity contribution is 9.10. The Morgan fingerprint density at radius 1 is 1.16 bits per heavy atom. The van der Waals surface area contributed by atoms with Crippen LogP contribution in [-0.4, -0.2) is 12.0 Å². The average Bonchev–Trinajstić information content (AvgIpc) is 2.77. The minimum absolute atomic E-state index is 0.0287. The predicted molar refractivity (Wildman–Crippen MR) is 123 cm³/mol. The monoisotopic (exact) mass is 478 g/mol. The third kappa shape index (κ3) is 5.50. The van der Waals surface area contributed by atoms with E-state index in [1.807, 2.05) is 25.1 Å². The SMILES string of the molecule is COc1cc(/C=C(/C#N)c2ccc([N+](=O)[O-])cc2)c(Br)cc1OCc1cccc(C)c1. The van der Waals surface area contributed by atoms with Gasteiger partial charge in [-0.2, -0.15) is 5.26 Å². The first-order valence-electron chi connectivity index (χ1n) is 9.33. The van der Waals surface area contributed by atoms with E-state index in [4.69, 9.17) is 9.47 Å². The first-order chi connectivity index (χ1) is 14.9. The van der Waals surface area contributed by atoms with E-state index in [2.05, 4.69) is 28.1 Å². The largest absolute Gasteiger partial charge is 0.493 e. The summed E-state index contributed by atoms with van der Waals surface area (Å²) in [5, 5.41) is 20.4. The van der Waals surface area contributed by atoms with Crippen LogP contribution in [0.2, 0.25) is 0 Å². The number of nitro groups is 1. The first kappa shape index (κ1) is 22.1. The summed E-state index contributed by atoms with van der Waals surface area (Å²) in [7, 11) is 1.55. The Morgan fingerprint density at radius 2 is 1.90 bits per heavy atom. The van der Waals surface area contributed by atoms with Crippen LogP contribution in [0, 0.1) is 28.4 Å². The van der Waals surface area contributed by atoms with Gasteiger partial charge in [-0.3, -0.25) is 10.1 Å². The third-order valence-electron chi connectivity index (χ3n) is 4.57. The van der Waals surface area contributed by atoms with Gasteiger partial charge in [-0.15, -0.1) is 0 Å². The summed E-state index contributed by atoms with van der Waals surface area (Å²) in [6, 6.07) is 19.6. The topological polar surface area (TPSA) is 85.4 Å². The number of aryl methyl sites for hydroxylation is 1. The van der Waals surface area contributed by atoms with Crippen LogP contribution >= 0.6 is 15.9 Å². The maximum atomic E-state index is 10.8. The predicted octanol–water partition coefficient (Wildman–Crippen LogP) is 6.32. The number of nitrogens with zero attached hydrogens (tertiary/aromatic N) is 2. The molecule has 3 aromatic carbocycles. The molecule has 0 bridgehead atoms. The number of benzene rings is 3. The molecule has 0 atom stereocenters. The zero-order valence-electron chi connectivity index (χ0n) is 17.0. The standard InChI is InChI=1S/C24H19BrN2O4/c1-16-4-3-5-17(10-16)15-31-24-13-22(25)19(12-23(24)30-2)11-20(14-26)18-6-8-21(9-7-18)27(28)29/h3-13H,15H2,1-2H3/b20-11-. The molecule has 0 aliphatic rings. The fraction of sp³-hybridized carbons (Fsp3) is 0.125. The highest BCUT2D eigenvalue weighted by Crippen LogP contribution is 2.36. The Hall–Kier alpha value is -3.63. The Bertz CT molecular complexity index is 1180. The van der Waals surface area contributed by atoms with Crippen LogP contribution in [0.1, 0.15) is 22.3 Å². The Labute approximate surface area is 188 Å². The maximum Gasteiger partial charge on any atom is 0.269 e. The highest BCUT2D eigenvalue weighted by atomic mass is 79.9. The molecule has 0 radical (unpaired) electrons. The molecule has 0 aliphatic heterocycles. The van der Waals surface area contributed by atoms with E-state index in [-0.39, 0.29) is 5.69 Å². The van der Waals surface area contributed by atoms with Crippen molar-refractivity contribution in [1.82, 2.24) is 0 Å². The van der Waals surface area contributed by atoms with Crippen molar-refractivity contribution in [2.24, 2.45) is 0 Å². The van der Waals surface area contributed by atoms with Crippen molar-refractivity contribution in [3.8, 4) is 17.6 Å². The van der Waals surface area contributed by atoms with Gasteiger partial charge in [0.05, 0.1) is 23.7 Å². The third-order valence-corrected chi connectivity index (χ3v) is 5.26. The summed E-state index contributed by atoms with van der Waals surface area (Å²) >= 11 is 3.53. The lowest BCUT2D eigenvalue weighted by molar-refractivity contribution is -0.384. The molecule has 6 nitrogen and oxygen atoms in total. The zero-order valence-corrected chi connectivity index (χ0v) is 18.5. The maximum absolute atomic E-state index is 10.8. The molecular formula is C24H19BrN2O4. The Balaban J connectivity index is 1.88. The number of methoxy groups -OCH3 is 1. The average molecular weight is 479 g/mol. The van der Waals surface area contributed by atoms with E-state index in [9.17, 15) is 15.4 Å². The number of hydrogen-bond donors (Lipinski definition) is 0. The van der Waals surface area contributed by atoms with Crippen LogP contribution in [0.4, 0.5) is 5.69 Å². The molecule has 0 saturated carbocycles. The van der Waals surface area contributed by atoms with E-state index >= 15 is 0 Å². The van der Waals surface area contributed by atoms with E-state index in [1.54, 1.807) is 37.5 Å². The van der Waals surface area contributed by atoms with Gasteiger partial charge in [-0.05, 0) is 54.0 Å². The fourth-order valence-corrected chi connectivity index (χ4v) is 3.43. The number of halogens is 1. The normalized spacial score (nSPS) is 11.0. The van der Waals surface area contributed by atoms with Gasteiger partial charge in [0.25, 0.3) is 5.69 Å². The smallest absolute Gasteiger partial charge is 0.269 e. The second kappa shape index (κ2) is 9.92. The van der Waals surface area contributed by atoms with Gasteiger partial charge in [-0.1, -0.05) is 45.8 Å². The van der Waals surface area contributed by atoms with Gasteiger partial charge < -0.3 is 9.47 Å². The second-order valence-electron chi connectivity index (χ2n) is 6.78. The summed E-state index contributed by atoms with van der Waals surface area (Å²) in [6.07, 6.45) is 1.69. The number of hydrogen-bond acceptors (Lipinski definition) is 5. The van der Waals surface area contributed by atoms with Gasteiger partial charge in [0, 0.05) is 16.6 Å². The Morgan fingerprint density at radius 3 is 2.52 bits per heavy atom. The summed E-state index contributed by atoms with van der Waals surface area (Å²) in [5.74, 6) is 1.10. The zero-order chi connectivity index (χ0) is 22.4. The van der Waals surface area contributed by atoms with Gasteiger partial charge in [0.1, 0.15) is 6.61 Å². The minimum atomic E-state index is -0.476. The van der Waals surface area contributed by atoms with E-state index in [1.165, 1.54) is 12.1 Å². The highest BCUT2D eigenvalue weighted by Gasteiger charge is 2.12. The lowest BCUT2D eigenvalue weighted by Crippen LogP contribution is -1.99. The van der Waals surface area contributed by atoms with E-state index in [0.717, 1.165) is 21.2 Å². The molecule has 31 heavy (non-hydrogen) atoms. The van der Waals surface area contributed by atoms with Crippen molar-refractivity contribution in [3.63, 3.8) is 0 Å². The first-order valence-corrected chi connectivity index (χ1v) is 10.1.